The summed E-state index contributed by atoms with van der Waals surface area (Å²) in [5.41, 5.74) is 1.02. The molecule has 0 atom stereocenters. The normalized spacial score (nSPS) is 12.1. The molecule has 36 heavy (non-hydrogen) atoms. The first-order valence-electron chi connectivity index (χ1n) is 12.2. The van der Waals surface area contributed by atoms with E-state index in [1.165, 1.54) is 12.3 Å². The van der Waals surface area contributed by atoms with Crippen molar-refractivity contribution in [2.24, 2.45) is 0 Å². The number of phosphoric acid groups is 1. The minimum atomic E-state index is -3.89. The van der Waals surface area contributed by atoms with Gasteiger partial charge in [-0.3, -0.25) is 13.8 Å². The van der Waals surface area contributed by atoms with Gasteiger partial charge in [0.05, 0.1) is 31.4 Å². The van der Waals surface area contributed by atoms with Crippen LogP contribution in [0.15, 0.2) is 47.1 Å². The second kappa shape index (κ2) is 12.4. The van der Waals surface area contributed by atoms with Crippen molar-refractivity contribution < 1.29 is 36.9 Å². The molecule has 0 bridgehead atoms. The monoisotopic (exact) mass is 519 g/mol. The Morgan fingerprint density at radius 2 is 1.69 bits per heavy atom. The third-order valence-electron chi connectivity index (χ3n) is 5.57. The molecule has 3 aromatic rings. The van der Waals surface area contributed by atoms with Gasteiger partial charge in [-0.1, -0.05) is 58.7 Å². The molecule has 1 aromatic carbocycles. The van der Waals surface area contributed by atoms with Gasteiger partial charge in [-0.15, -0.1) is 0 Å². The third kappa shape index (κ3) is 7.32. The Morgan fingerprint density at radius 3 is 2.33 bits per heavy atom. The number of hydrogen-bond donors (Lipinski definition) is 1. The number of ether oxygens (including phenoxy) is 1. The summed E-state index contributed by atoms with van der Waals surface area (Å²) >= 11 is 0. The van der Waals surface area contributed by atoms with Crippen LogP contribution in [0.25, 0.3) is 11.1 Å². The van der Waals surface area contributed by atoms with E-state index in [4.69, 9.17) is 22.7 Å². The van der Waals surface area contributed by atoms with Crippen molar-refractivity contribution in [2.75, 3.05) is 13.2 Å². The van der Waals surface area contributed by atoms with Crippen molar-refractivity contribution in [3.05, 3.63) is 53.9 Å². The molecule has 0 saturated carbocycles. The molecule has 10 heteroatoms. The third-order valence-corrected chi connectivity index (χ3v) is 6.99. The number of hydrogen-bond acceptors (Lipinski definition) is 8. The summed E-state index contributed by atoms with van der Waals surface area (Å²) < 4.78 is 40.6. The SMILES string of the molecule is CCCCOP(=O)(OCCCC)Oc1ccccc1C(C)(C)CC(=O)OC(=O)c1cc2occc2[nH]1. The van der Waals surface area contributed by atoms with Crippen molar-refractivity contribution in [1.29, 1.82) is 0 Å². The Hall–Kier alpha value is -2.87. The number of carbonyl (C=O) groups is 2. The minimum absolute atomic E-state index is 0.119. The molecule has 9 nitrogen and oxygen atoms in total. The number of aromatic nitrogens is 1. The van der Waals surface area contributed by atoms with Gasteiger partial charge in [0.2, 0.25) is 0 Å². The summed E-state index contributed by atoms with van der Waals surface area (Å²) in [6.45, 7) is 8.10. The number of esters is 2. The quantitative estimate of drug-likeness (QED) is 0.105. The molecule has 0 radical (unpaired) electrons. The van der Waals surface area contributed by atoms with Gasteiger partial charge in [-0.2, -0.15) is 0 Å². The van der Waals surface area contributed by atoms with Crippen LogP contribution in [-0.4, -0.2) is 30.1 Å². The molecule has 196 valence electrons. The lowest BCUT2D eigenvalue weighted by Gasteiger charge is -2.27. The fourth-order valence-electron chi connectivity index (χ4n) is 3.57. The Morgan fingerprint density at radius 1 is 1.03 bits per heavy atom. The molecule has 0 saturated heterocycles. The van der Waals surface area contributed by atoms with Crippen LogP contribution in [0, 0.1) is 0 Å². The van der Waals surface area contributed by atoms with Crippen molar-refractivity contribution in [3.8, 4) is 5.75 Å². The largest absolute Gasteiger partial charge is 0.530 e. The van der Waals surface area contributed by atoms with Crippen molar-refractivity contribution in [1.82, 2.24) is 4.98 Å². The number of carbonyl (C=O) groups excluding carboxylic acids is 2. The van der Waals surface area contributed by atoms with Crippen LogP contribution in [0.3, 0.4) is 0 Å². The van der Waals surface area contributed by atoms with Crippen LogP contribution >= 0.6 is 7.82 Å². The number of fused-ring (bicyclic) bond motifs is 1. The lowest BCUT2D eigenvalue weighted by Crippen LogP contribution is -2.25. The first-order valence-corrected chi connectivity index (χ1v) is 13.6. The van der Waals surface area contributed by atoms with Gasteiger partial charge in [0.1, 0.15) is 11.4 Å². The molecule has 0 fully saturated rings. The maximum atomic E-state index is 13.4. The average molecular weight is 520 g/mol. The Labute approximate surface area is 211 Å². The first-order chi connectivity index (χ1) is 17.2. The van der Waals surface area contributed by atoms with Crippen LogP contribution in [-0.2, 0) is 28.6 Å². The highest BCUT2D eigenvalue weighted by molar-refractivity contribution is 7.48. The van der Waals surface area contributed by atoms with Crippen LogP contribution < -0.4 is 4.52 Å². The van der Waals surface area contributed by atoms with E-state index < -0.39 is 25.2 Å². The summed E-state index contributed by atoms with van der Waals surface area (Å²) in [5, 5.41) is 0. The van der Waals surface area contributed by atoms with E-state index >= 15 is 0 Å². The van der Waals surface area contributed by atoms with Gasteiger partial charge >= 0.3 is 19.8 Å². The highest BCUT2D eigenvalue weighted by atomic mass is 31.2. The Kier molecular flexibility index (Phi) is 9.54. The van der Waals surface area contributed by atoms with Gasteiger partial charge in [0.25, 0.3) is 0 Å². The summed E-state index contributed by atoms with van der Waals surface area (Å²) in [6.07, 6.45) is 4.52. The van der Waals surface area contributed by atoms with Crippen molar-refractivity contribution in [3.63, 3.8) is 0 Å². The maximum Gasteiger partial charge on any atom is 0.530 e. The molecular weight excluding hydrogens is 485 g/mol. The topological polar surface area (TPSA) is 117 Å². The van der Waals surface area contributed by atoms with Crippen molar-refractivity contribution >= 4 is 30.9 Å². The van der Waals surface area contributed by atoms with Gasteiger partial charge in [-0.05, 0) is 18.9 Å². The van der Waals surface area contributed by atoms with E-state index in [9.17, 15) is 14.2 Å². The summed E-state index contributed by atoms with van der Waals surface area (Å²) in [4.78, 5) is 28.0. The minimum Gasteiger partial charge on any atom is -0.463 e. The zero-order chi connectivity index (χ0) is 26.2. The van der Waals surface area contributed by atoms with Crippen LogP contribution in [0.4, 0.5) is 0 Å². The molecule has 0 aliphatic heterocycles. The predicted octanol–water partition coefficient (Wildman–Crippen LogP) is 6.93. The zero-order valence-electron chi connectivity index (χ0n) is 21.2. The lowest BCUT2D eigenvalue weighted by molar-refractivity contribution is -0.139. The number of unbranched alkanes of at least 4 members (excludes halogenated alkanes) is 2. The second-order valence-electron chi connectivity index (χ2n) is 9.11. The lowest BCUT2D eigenvalue weighted by atomic mass is 9.81. The number of H-pyrrole nitrogens is 1. The van der Waals surface area contributed by atoms with Gasteiger partial charge in [-0.25, -0.2) is 9.36 Å². The van der Waals surface area contributed by atoms with E-state index in [0.717, 1.165) is 12.8 Å². The number of nitrogens with one attached hydrogen (secondary N) is 1. The summed E-state index contributed by atoms with van der Waals surface area (Å²) in [7, 11) is -3.89. The van der Waals surface area contributed by atoms with Crippen molar-refractivity contribution in [2.45, 2.75) is 65.2 Å². The zero-order valence-corrected chi connectivity index (χ0v) is 22.1. The fourth-order valence-corrected chi connectivity index (χ4v) is 4.85. The van der Waals surface area contributed by atoms with Crippen LogP contribution in [0.1, 0.15) is 75.9 Å². The van der Waals surface area contributed by atoms with E-state index in [1.54, 1.807) is 30.3 Å². The van der Waals surface area contributed by atoms with Gasteiger partial charge in [0.15, 0.2) is 5.58 Å². The Bertz CT molecular complexity index is 1170. The maximum absolute atomic E-state index is 13.4. The smallest absolute Gasteiger partial charge is 0.463 e. The molecule has 0 aliphatic rings. The first kappa shape index (κ1) is 27.7. The standard InChI is InChI=1S/C26H34NO8P/c1-5-7-14-32-36(30,33-15-8-6-2)35-22-12-10-9-11-19(22)26(3,4)18-24(28)34-25(29)21-17-23-20(27-21)13-16-31-23/h9-13,16-17,27H,5-8,14-15,18H2,1-4H3. The molecule has 1 N–H and O–H groups in total. The van der Waals surface area contributed by atoms with E-state index in [-0.39, 0.29) is 31.1 Å². The fraction of sp³-hybridized carbons (Fsp3) is 0.462. The number of benzene rings is 1. The molecule has 3 rings (SSSR count). The van der Waals surface area contributed by atoms with E-state index in [0.29, 0.717) is 29.5 Å². The molecule has 0 amide bonds. The molecule has 0 aliphatic carbocycles. The molecular formula is C26H34NO8P. The number of aromatic amines is 1. The molecule has 0 unspecified atom stereocenters. The second-order valence-corrected chi connectivity index (χ2v) is 10.7. The molecule has 2 heterocycles. The predicted molar refractivity (Wildman–Crippen MR) is 135 cm³/mol. The number of furan rings is 1. The van der Waals surface area contributed by atoms with Gasteiger partial charge < -0.3 is 18.7 Å². The highest BCUT2D eigenvalue weighted by Crippen LogP contribution is 2.52. The summed E-state index contributed by atoms with van der Waals surface area (Å²) in [5.74, 6) is -1.24. The summed E-state index contributed by atoms with van der Waals surface area (Å²) in [6, 6.07) is 10.1. The Balaban J connectivity index is 1.72. The number of rotatable bonds is 14. The molecule has 0 spiro atoms. The number of para-hydroxylation sites is 1. The molecule has 2 aromatic heterocycles. The highest BCUT2D eigenvalue weighted by Gasteiger charge is 2.34. The van der Waals surface area contributed by atoms with Crippen LogP contribution in [0.5, 0.6) is 5.75 Å². The van der Waals surface area contributed by atoms with Gasteiger partial charge in [0, 0.05) is 23.1 Å². The average Bonchev–Trinajstić information content (AvgIpc) is 3.42. The van der Waals surface area contributed by atoms with E-state index in [1.807, 2.05) is 27.7 Å². The number of phosphoric ester groups is 1. The van der Waals surface area contributed by atoms with E-state index in [2.05, 4.69) is 4.98 Å². The van der Waals surface area contributed by atoms with Crippen LogP contribution in [0.2, 0.25) is 0 Å².